The van der Waals surface area contributed by atoms with E-state index >= 15 is 0 Å². The van der Waals surface area contributed by atoms with Gasteiger partial charge in [-0.25, -0.2) is 0 Å². The van der Waals surface area contributed by atoms with Crippen LogP contribution < -0.4 is 4.74 Å². The smallest absolute Gasteiger partial charge is 0.406 e. The Kier molecular flexibility index (Phi) is 6.16. The van der Waals surface area contributed by atoms with Crippen molar-refractivity contribution in [2.75, 3.05) is 0 Å². The van der Waals surface area contributed by atoms with E-state index in [4.69, 9.17) is 0 Å². The van der Waals surface area contributed by atoms with E-state index in [1.165, 1.54) is 50.7 Å². The molecule has 2 rings (SSSR count). The van der Waals surface area contributed by atoms with Crippen LogP contribution in [0.15, 0.2) is 24.3 Å². The normalized spacial score (nSPS) is 22.5. The van der Waals surface area contributed by atoms with Gasteiger partial charge in [0, 0.05) is 0 Å². The molecule has 0 amide bonds. The minimum Gasteiger partial charge on any atom is -0.406 e. The minimum absolute atomic E-state index is 0.135. The minimum atomic E-state index is -4.61. The highest BCUT2D eigenvalue weighted by molar-refractivity contribution is 5.29. The van der Waals surface area contributed by atoms with Crippen LogP contribution in [0.4, 0.5) is 13.2 Å². The van der Waals surface area contributed by atoms with E-state index in [0.717, 1.165) is 24.3 Å². The van der Waals surface area contributed by atoms with E-state index < -0.39 is 6.36 Å². The molecule has 0 aromatic heterocycles. The largest absolute Gasteiger partial charge is 0.573 e. The Bertz CT molecular complexity index is 431. The van der Waals surface area contributed by atoms with E-state index in [1.807, 2.05) is 0 Å². The van der Waals surface area contributed by atoms with Crippen molar-refractivity contribution in [3.8, 4) is 5.75 Å². The first-order valence-corrected chi connectivity index (χ1v) is 8.33. The lowest BCUT2D eigenvalue weighted by Crippen LogP contribution is -2.17. The zero-order chi connectivity index (χ0) is 16.0. The molecule has 0 radical (unpaired) electrons. The SMILES string of the molecule is CCCCCC1CCC(c2ccc(OC(F)(F)F)cc2)CC1. The average Bonchev–Trinajstić information content (AvgIpc) is 2.48. The van der Waals surface area contributed by atoms with Crippen molar-refractivity contribution in [1.29, 1.82) is 0 Å². The van der Waals surface area contributed by atoms with Crippen LogP contribution in [0.3, 0.4) is 0 Å². The zero-order valence-corrected chi connectivity index (χ0v) is 13.2. The van der Waals surface area contributed by atoms with E-state index in [9.17, 15) is 13.2 Å². The van der Waals surface area contributed by atoms with Crippen LogP contribution in [0.1, 0.15) is 69.8 Å². The highest BCUT2D eigenvalue weighted by atomic mass is 19.4. The molecule has 0 unspecified atom stereocenters. The summed E-state index contributed by atoms with van der Waals surface area (Å²) in [5.74, 6) is 1.20. The van der Waals surface area contributed by atoms with Gasteiger partial charge < -0.3 is 4.74 Å². The summed E-state index contributed by atoms with van der Waals surface area (Å²) < 4.78 is 40.4. The molecule has 0 heterocycles. The van der Waals surface area contributed by atoms with Gasteiger partial charge >= 0.3 is 6.36 Å². The summed E-state index contributed by atoms with van der Waals surface area (Å²) >= 11 is 0. The number of rotatable bonds is 6. The first-order chi connectivity index (χ1) is 10.5. The molecule has 1 aromatic rings. The molecule has 1 fully saturated rings. The summed E-state index contributed by atoms with van der Waals surface area (Å²) in [6, 6.07) is 6.42. The molecule has 22 heavy (non-hydrogen) atoms. The topological polar surface area (TPSA) is 9.23 Å². The number of alkyl halides is 3. The van der Waals surface area contributed by atoms with Crippen LogP contribution in [-0.4, -0.2) is 6.36 Å². The standard InChI is InChI=1S/C18H25F3O/c1-2-3-4-5-14-6-8-15(9-7-14)16-10-12-17(13-11-16)22-18(19,20)21/h10-15H,2-9H2,1H3. The van der Waals surface area contributed by atoms with Gasteiger partial charge in [-0.3, -0.25) is 0 Å². The van der Waals surface area contributed by atoms with Crippen LogP contribution >= 0.6 is 0 Å². The first-order valence-electron chi connectivity index (χ1n) is 8.33. The fourth-order valence-corrected chi connectivity index (χ4v) is 3.41. The van der Waals surface area contributed by atoms with Crippen molar-refractivity contribution in [1.82, 2.24) is 0 Å². The fourth-order valence-electron chi connectivity index (χ4n) is 3.41. The highest BCUT2D eigenvalue weighted by Crippen LogP contribution is 2.38. The van der Waals surface area contributed by atoms with Gasteiger partial charge in [0.05, 0.1) is 0 Å². The second-order valence-corrected chi connectivity index (χ2v) is 6.33. The summed E-state index contributed by atoms with van der Waals surface area (Å²) in [4.78, 5) is 0. The predicted octanol–water partition coefficient (Wildman–Crippen LogP) is 6.44. The second kappa shape index (κ2) is 7.89. The number of hydrogen-bond acceptors (Lipinski definition) is 1. The van der Waals surface area contributed by atoms with Crippen molar-refractivity contribution in [2.45, 2.75) is 70.6 Å². The zero-order valence-electron chi connectivity index (χ0n) is 13.2. The van der Waals surface area contributed by atoms with Crippen LogP contribution in [0.25, 0.3) is 0 Å². The summed E-state index contributed by atoms with van der Waals surface area (Å²) in [5, 5.41) is 0. The van der Waals surface area contributed by atoms with Crippen molar-refractivity contribution in [2.24, 2.45) is 5.92 Å². The molecule has 0 bridgehead atoms. The van der Waals surface area contributed by atoms with Crippen LogP contribution in [-0.2, 0) is 0 Å². The average molecular weight is 314 g/mol. The molecule has 1 aliphatic rings. The molecule has 0 spiro atoms. The van der Waals surface area contributed by atoms with Crippen LogP contribution in [0.5, 0.6) is 5.75 Å². The van der Waals surface area contributed by atoms with Crippen molar-refractivity contribution in [3.63, 3.8) is 0 Å². The second-order valence-electron chi connectivity index (χ2n) is 6.33. The van der Waals surface area contributed by atoms with Gasteiger partial charge in [-0.15, -0.1) is 13.2 Å². The maximum Gasteiger partial charge on any atom is 0.573 e. The summed E-state index contributed by atoms with van der Waals surface area (Å²) in [7, 11) is 0. The van der Waals surface area contributed by atoms with Gasteiger partial charge in [-0.1, -0.05) is 44.7 Å². The van der Waals surface area contributed by atoms with E-state index in [1.54, 1.807) is 12.1 Å². The number of ether oxygens (including phenoxy) is 1. The monoisotopic (exact) mass is 314 g/mol. The fraction of sp³-hybridized carbons (Fsp3) is 0.667. The molecule has 0 saturated heterocycles. The third-order valence-corrected chi connectivity index (χ3v) is 4.65. The number of unbranched alkanes of at least 4 members (excludes halogenated alkanes) is 2. The summed E-state index contributed by atoms with van der Waals surface area (Å²) in [6.07, 6.45) is 5.42. The molecule has 0 atom stereocenters. The van der Waals surface area contributed by atoms with E-state index in [0.29, 0.717) is 5.92 Å². The number of benzene rings is 1. The molecule has 1 nitrogen and oxygen atoms in total. The molecule has 1 aliphatic carbocycles. The van der Waals surface area contributed by atoms with Gasteiger partial charge in [-0.05, 0) is 55.2 Å². The van der Waals surface area contributed by atoms with Gasteiger partial charge in [-0.2, -0.15) is 0 Å². The Morgan fingerprint density at radius 1 is 1.00 bits per heavy atom. The van der Waals surface area contributed by atoms with Crippen molar-refractivity contribution < 1.29 is 17.9 Å². The maximum atomic E-state index is 12.1. The molecular weight excluding hydrogens is 289 g/mol. The van der Waals surface area contributed by atoms with Crippen LogP contribution in [0, 0.1) is 5.92 Å². The van der Waals surface area contributed by atoms with Gasteiger partial charge in [0.1, 0.15) is 5.75 Å². The van der Waals surface area contributed by atoms with E-state index in [2.05, 4.69) is 11.7 Å². The lowest BCUT2D eigenvalue weighted by Gasteiger charge is -2.29. The lowest BCUT2D eigenvalue weighted by molar-refractivity contribution is -0.274. The molecule has 4 heteroatoms. The number of halogens is 3. The Hall–Kier alpha value is -1.19. The summed E-state index contributed by atoms with van der Waals surface area (Å²) in [5.41, 5.74) is 1.14. The Balaban J connectivity index is 1.81. The Morgan fingerprint density at radius 3 is 2.18 bits per heavy atom. The van der Waals surface area contributed by atoms with Gasteiger partial charge in [0.25, 0.3) is 0 Å². The van der Waals surface area contributed by atoms with E-state index in [-0.39, 0.29) is 5.75 Å². The third-order valence-electron chi connectivity index (χ3n) is 4.65. The van der Waals surface area contributed by atoms with Crippen LogP contribution in [0.2, 0.25) is 0 Å². The molecule has 0 aliphatic heterocycles. The van der Waals surface area contributed by atoms with Crippen molar-refractivity contribution >= 4 is 0 Å². The van der Waals surface area contributed by atoms with Crippen molar-refractivity contribution in [3.05, 3.63) is 29.8 Å². The third kappa shape index (κ3) is 5.54. The Morgan fingerprint density at radius 2 is 1.64 bits per heavy atom. The van der Waals surface area contributed by atoms with Gasteiger partial charge in [0.2, 0.25) is 0 Å². The molecule has 124 valence electrons. The molecular formula is C18H25F3O. The quantitative estimate of drug-likeness (QED) is 0.549. The molecule has 1 aromatic carbocycles. The lowest BCUT2D eigenvalue weighted by atomic mass is 9.77. The predicted molar refractivity (Wildman–Crippen MR) is 82.0 cm³/mol. The number of hydrogen-bond donors (Lipinski definition) is 0. The molecule has 0 N–H and O–H groups in total. The highest BCUT2D eigenvalue weighted by Gasteiger charge is 2.31. The summed E-state index contributed by atoms with van der Waals surface area (Å²) in [6.45, 7) is 2.23. The maximum absolute atomic E-state index is 12.1. The Labute approximate surface area is 130 Å². The van der Waals surface area contributed by atoms with Gasteiger partial charge in [0.15, 0.2) is 0 Å². The first kappa shape index (κ1) is 17.2. The molecule has 1 saturated carbocycles.